The Bertz CT molecular complexity index is 430. The van der Waals surface area contributed by atoms with Crippen molar-refractivity contribution in [2.45, 2.75) is 17.8 Å². The predicted octanol–water partition coefficient (Wildman–Crippen LogP) is 2.19. The minimum absolute atomic E-state index is 2.75. The third-order valence-electron chi connectivity index (χ3n) is 2.06. The number of hydrogen-bond acceptors (Lipinski definition) is 2. The van der Waals surface area contributed by atoms with Crippen LogP contribution in [0.5, 0.6) is 0 Å². The number of rotatable bonds is 0. The molecule has 1 saturated carbocycles. The van der Waals surface area contributed by atoms with Crippen LogP contribution in [-0.4, -0.2) is 29.3 Å². The number of allylic oxidation sites excluding steroid dienone is 1. The minimum Gasteiger partial charge on any atom is -0.289 e. The largest absolute Gasteiger partial charge is 0.436 e. The molecule has 1 aliphatic carbocycles. The van der Waals surface area contributed by atoms with Crippen molar-refractivity contribution in [2.24, 2.45) is 0 Å². The Morgan fingerprint density at radius 1 is 0.941 bits per heavy atom. The summed E-state index contributed by atoms with van der Waals surface area (Å²) in [6, 6.07) is 0. The highest BCUT2D eigenvalue weighted by atomic mass is 19.4. The SMILES string of the molecule is O=C1C(=C(F)F)C(=O)C(F)(C(F)(F)F)C1(F)F. The van der Waals surface area contributed by atoms with Crippen molar-refractivity contribution in [2.75, 3.05) is 0 Å². The summed E-state index contributed by atoms with van der Waals surface area (Å²) in [6.45, 7) is 0. The highest BCUT2D eigenvalue weighted by Crippen LogP contribution is 2.53. The molecule has 0 amide bonds. The summed E-state index contributed by atoms with van der Waals surface area (Å²) in [5.41, 5.74) is -8.70. The average Bonchev–Trinajstić information content (AvgIpc) is 2.25. The summed E-state index contributed by atoms with van der Waals surface area (Å²) in [5, 5.41) is 0. The lowest BCUT2D eigenvalue weighted by molar-refractivity contribution is -0.272. The van der Waals surface area contributed by atoms with Gasteiger partial charge in [-0.05, 0) is 0 Å². The van der Waals surface area contributed by atoms with Crippen molar-refractivity contribution in [1.29, 1.82) is 0 Å². The molecule has 0 bridgehead atoms. The number of carbonyl (C=O) groups excluding carboxylic acids is 2. The van der Waals surface area contributed by atoms with E-state index in [1.54, 1.807) is 0 Å². The van der Waals surface area contributed by atoms with Gasteiger partial charge < -0.3 is 0 Å². The van der Waals surface area contributed by atoms with Gasteiger partial charge in [0, 0.05) is 0 Å². The maximum Gasteiger partial charge on any atom is 0.436 e. The van der Waals surface area contributed by atoms with Crippen LogP contribution in [0.1, 0.15) is 0 Å². The second kappa shape index (κ2) is 3.26. The van der Waals surface area contributed by atoms with Crippen molar-refractivity contribution in [3.05, 3.63) is 11.7 Å². The Kier molecular flexibility index (Phi) is 2.61. The Morgan fingerprint density at radius 3 is 1.53 bits per heavy atom. The molecule has 1 aliphatic rings. The molecule has 1 unspecified atom stereocenters. The van der Waals surface area contributed by atoms with Crippen molar-refractivity contribution < 1.29 is 44.7 Å². The normalized spacial score (nSPS) is 28.8. The van der Waals surface area contributed by atoms with E-state index in [4.69, 9.17) is 0 Å². The highest BCUT2D eigenvalue weighted by Gasteiger charge is 2.84. The van der Waals surface area contributed by atoms with Gasteiger partial charge in [0.1, 0.15) is 5.57 Å². The van der Waals surface area contributed by atoms with Crippen LogP contribution in [0.2, 0.25) is 0 Å². The molecule has 2 nitrogen and oxygen atoms in total. The van der Waals surface area contributed by atoms with Gasteiger partial charge in [-0.1, -0.05) is 0 Å². The van der Waals surface area contributed by atoms with E-state index >= 15 is 0 Å². The number of hydrogen-bond donors (Lipinski definition) is 0. The quantitative estimate of drug-likeness (QED) is 0.383. The molecule has 1 atom stereocenters. The third kappa shape index (κ3) is 1.39. The number of alkyl halides is 6. The molecule has 0 spiro atoms. The topological polar surface area (TPSA) is 34.1 Å². The first-order valence-corrected chi connectivity index (χ1v) is 3.67. The lowest BCUT2D eigenvalue weighted by atomic mass is 9.99. The molecule has 0 aromatic heterocycles. The van der Waals surface area contributed by atoms with Gasteiger partial charge in [0.25, 0.3) is 6.08 Å². The maximum absolute atomic E-state index is 13.0. The Labute approximate surface area is 86.9 Å². The molecule has 0 aromatic carbocycles. The number of ketones is 2. The molecule has 10 heteroatoms. The van der Waals surface area contributed by atoms with Gasteiger partial charge in [0.05, 0.1) is 0 Å². The summed E-state index contributed by atoms with van der Waals surface area (Å²) < 4.78 is 98.2. The molecule has 0 saturated heterocycles. The zero-order valence-corrected chi connectivity index (χ0v) is 7.34. The first kappa shape index (κ1) is 13.6. The van der Waals surface area contributed by atoms with E-state index < -0.39 is 41.0 Å². The molecule has 1 rings (SSSR count). The molecular formula is C7F8O2. The summed E-state index contributed by atoms with van der Waals surface area (Å²) in [5.74, 6) is -12.4. The molecule has 0 aromatic rings. The second-order valence-electron chi connectivity index (χ2n) is 3.02. The number of carbonyl (C=O) groups is 2. The van der Waals surface area contributed by atoms with Gasteiger partial charge >= 0.3 is 17.8 Å². The highest BCUT2D eigenvalue weighted by molar-refractivity contribution is 6.33. The smallest absolute Gasteiger partial charge is 0.289 e. The van der Waals surface area contributed by atoms with Crippen molar-refractivity contribution in [1.82, 2.24) is 0 Å². The van der Waals surface area contributed by atoms with Gasteiger partial charge in [-0.25, -0.2) is 4.39 Å². The summed E-state index contributed by atoms with van der Waals surface area (Å²) in [6.07, 6.45) is -9.87. The zero-order valence-electron chi connectivity index (χ0n) is 7.34. The van der Waals surface area contributed by atoms with Crippen molar-refractivity contribution in [3.8, 4) is 0 Å². The van der Waals surface area contributed by atoms with Crippen LogP contribution < -0.4 is 0 Å². The lowest BCUT2D eigenvalue weighted by Crippen LogP contribution is -2.57. The predicted molar refractivity (Wildman–Crippen MR) is 34.1 cm³/mol. The first-order valence-electron chi connectivity index (χ1n) is 3.67. The van der Waals surface area contributed by atoms with Crippen LogP contribution in [0.3, 0.4) is 0 Å². The van der Waals surface area contributed by atoms with Crippen LogP contribution in [0.15, 0.2) is 11.7 Å². The fraction of sp³-hybridized carbons (Fsp3) is 0.429. The van der Waals surface area contributed by atoms with Crippen LogP contribution >= 0.6 is 0 Å². The number of Topliss-reactive ketones (excluding diaryl/α,β-unsaturated/α-hetero) is 2. The average molecular weight is 268 g/mol. The van der Waals surface area contributed by atoms with Crippen LogP contribution in [0.25, 0.3) is 0 Å². The minimum atomic E-state index is -6.49. The number of halogens is 8. The maximum atomic E-state index is 13.0. The van der Waals surface area contributed by atoms with E-state index in [2.05, 4.69) is 0 Å². The summed E-state index contributed by atoms with van der Waals surface area (Å²) >= 11 is 0. The van der Waals surface area contributed by atoms with E-state index in [1.807, 2.05) is 0 Å². The van der Waals surface area contributed by atoms with E-state index in [0.717, 1.165) is 0 Å². The molecule has 0 aliphatic heterocycles. The van der Waals surface area contributed by atoms with E-state index in [9.17, 15) is 44.7 Å². The molecule has 0 N–H and O–H groups in total. The van der Waals surface area contributed by atoms with E-state index in [0.29, 0.717) is 0 Å². The van der Waals surface area contributed by atoms with Crippen LogP contribution in [0, 0.1) is 0 Å². The fourth-order valence-electron chi connectivity index (χ4n) is 1.21. The molecule has 0 radical (unpaired) electrons. The first-order chi connectivity index (χ1) is 7.39. The lowest BCUT2D eigenvalue weighted by Gasteiger charge is -2.25. The van der Waals surface area contributed by atoms with Gasteiger partial charge in [-0.2, -0.15) is 30.7 Å². The monoisotopic (exact) mass is 268 g/mol. The van der Waals surface area contributed by atoms with E-state index in [-0.39, 0.29) is 0 Å². The van der Waals surface area contributed by atoms with Gasteiger partial charge in [0.2, 0.25) is 11.6 Å². The van der Waals surface area contributed by atoms with E-state index in [1.165, 1.54) is 0 Å². The molecular weight excluding hydrogens is 268 g/mol. The van der Waals surface area contributed by atoms with Crippen LogP contribution in [0.4, 0.5) is 35.1 Å². The van der Waals surface area contributed by atoms with Gasteiger partial charge in [0.15, 0.2) is 0 Å². The van der Waals surface area contributed by atoms with Crippen molar-refractivity contribution in [3.63, 3.8) is 0 Å². The van der Waals surface area contributed by atoms with Gasteiger partial charge in [-0.15, -0.1) is 0 Å². The Morgan fingerprint density at radius 2 is 1.35 bits per heavy atom. The standard InChI is InChI=1S/C7F8O2/c8-4(9)1-2(16)5(10,7(13,14)15)6(11,12)3(1)17. The summed E-state index contributed by atoms with van der Waals surface area (Å²) in [4.78, 5) is 21.1. The van der Waals surface area contributed by atoms with Gasteiger partial charge in [-0.3, -0.25) is 9.59 Å². The molecule has 1 fully saturated rings. The molecule has 96 valence electrons. The molecule has 17 heavy (non-hydrogen) atoms. The molecule has 0 heterocycles. The Hall–Kier alpha value is -1.48. The third-order valence-corrected chi connectivity index (χ3v) is 2.06. The second-order valence-corrected chi connectivity index (χ2v) is 3.02. The summed E-state index contributed by atoms with van der Waals surface area (Å²) in [7, 11) is 0. The fourth-order valence-corrected chi connectivity index (χ4v) is 1.21. The Balaban J connectivity index is 3.63. The van der Waals surface area contributed by atoms with Crippen LogP contribution in [-0.2, 0) is 9.59 Å². The zero-order chi connectivity index (χ0) is 13.8. The van der Waals surface area contributed by atoms with Crippen molar-refractivity contribution >= 4 is 11.6 Å².